The summed E-state index contributed by atoms with van der Waals surface area (Å²) < 4.78 is 0. The molecule has 2 heterocycles. The molecule has 4 rings (SSSR count). The van der Waals surface area contributed by atoms with E-state index in [2.05, 4.69) is 15.1 Å². The summed E-state index contributed by atoms with van der Waals surface area (Å²) in [6.45, 7) is 0. The number of benzene rings is 1. The molecule has 116 valence electrons. The molecule has 0 saturated carbocycles. The number of aromatic amines is 1. The van der Waals surface area contributed by atoms with Gasteiger partial charge in [0.2, 0.25) is 5.88 Å². The predicted molar refractivity (Wildman–Crippen MR) is 90.3 cm³/mol. The highest BCUT2D eigenvalue weighted by Gasteiger charge is 2.23. The molecule has 0 spiro atoms. The van der Waals surface area contributed by atoms with Crippen LogP contribution in [0.4, 0.5) is 5.69 Å². The van der Waals surface area contributed by atoms with E-state index in [-0.39, 0.29) is 11.6 Å². The maximum atomic E-state index is 11.1. The van der Waals surface area contributed by atoms with Gasteiger partial charge < -0.3 is 10.1 Å². The summed E-state index contributed by atoms with van der Waals surface area (Å²) in [6, 6.07) is 5.57. The molecule has 1 aromatic carbocycles. The molecular weight excluding hydrogens is 314 g/mol. The monoisotopic (exact) mass is 327 g/mol. The van der Waals surface area contributed by atoms with Crippen molar-refractivity contribution in [1.29, 1.82) is 0 Å². The summed E-state index contributed by atoms with van der Waals surface area (Å²) in [5.41, 5.74) is 5.02. The third-order valence-corrected chi connectivity index (χ3v) is 4.69. The molecule has 0 saturated heterocycles. The van der Waals surface area contributed by atoms with Crippen molar-refractivity contribution < 1.29 is 5.11 Å². The number of hydrogen-bond acceptors (Lipinski definition) is 4. The number of aryl methyl sites for hydroxylation is 1. The van der Waals surface area contributed by atoms with Gasteiger partial charge in [0.05, 0.1) is 16.2 Å². The highest BCUT2D eigenvalue weighted by atomic mass is 35.5. The van der Waals surface area contributed by atoms with Crippen molar-refractivity contribution in [3.8, 4) is 17.1 Å². The SMILES string of the molecule is O=Nc1c(O)[nH]c2c3c(c(-c4ccc(Cl)cn4)cc12)CCCC3. The number of aromatic nitrogens is 2. The second kappa shape index (κ2) is 5.35. The van der Waals surface area contributed by atoms with Gasteiger partial charge in [-0.1, -0.05) is 11.6 Å². The lowest BCUT2D eigenvalue weighted by Crippen LogP contribution is -2.06. The van der Waals surface area contributed by atoms with E-state index in [4.69, 9.17) is 11.6 Å². The molecule has 2 aromatic heterocycles. The molecule has 1 aliphatic rings. The standard InChI is InChI=1S/C17H14ClN3O2/c18-9-5-6-14(19-8-9)12-7-13-15(20-17(22)16(13)21-23)11-4-2-1-3-10(11)12/h5-8,20,22H,1-4H2. The molecule has 0 radical (unpaired) electrons. The summed E-state index contributed by atoms with van der Waals surface area (Å²) >= 11 is 5.93. The molecule has 0 unspecified atom stereocenters. The van der Waals surface area contributed by atoms with Crippen LogP contribution in [-0.4, -0.2) is 15.1 Å². The number of nitrogens with one attached hydrogen (secondary N) is 1. The average molecular weight is 328 g/mol. The highest BCUT2D eigenvalue weighted by Crippen LogP contribution is 2.43. The lowest BCUT2D eigenvalue weighted by atomic mass is 9.85. The fourth-order valence-electron chi connectivity index (χ4n) is 3.44. The fraction of sp³-hybridized carbons (Fsp3) is 0.235. The Morgan fingerprint density at radius 3 is 2.70 bits per heavy atom. The molecule has 0 aliphatic heterocycles. The Hall–Kier alpha value is -2.40. The number of pyridine rings is 1. The van der Waals surface area contributed by atoms with Crippen molar-refractivity contribution in [2.75, 3.05) is 0 Å². The van der Waals surface area contributed by atoms with Crippen molar-refractivity contribution in [1.82, 2.24) is 9.97 Å². The van der Waals surface area contributed by atoms with Gasteiger partial charge in [0.15, 0.2) is 5.69 Å². The van der Waals surface area contributed by atoms with E-state index in [0.29, 0.717) is 10.4 Å². The van der Waals surface area contributed by atoms with Crippen LogP contribution in [0.15, 0.2) is 29.6 Å². The van der Waals surface area contributed by atoms with Gasteiger partial charge in [0.1, 0.15) is 0 Å². The molecule has 1 aliphatic carbocycles. The normalized spacial score (nSPS) is 14.0. The summed E-state index contributed by atoms with van der Waals surface area (Å²) in [5.74, 6) is -0.177. The van der Waals surface area contributed by atoms with Crippen LogP contribution in [-0.2, 0) is 12.8 Å². The Morgan fingerprint density at radius 1 is 1.22 bits per heavy atom. The van der Waals surface area contributed by atoms with Crippen LogP contribution in [0.25, 0.3) is 22.2 Å². The number of H-pyrrole nitrogens is 1. The van der Waals surface area contributed by atoms with E-state index in [9.17, 15) is 10.0 Å². The van der Waals surface area contributed by atoms with Crippen LogP contribution in [0, 0.1) is 4.91 Å². The van der Waals surface area contributed by atoms with E-state index >= 15 is 0 Å². The zero-order chi connectivity index (χ0) is 16.0. The van der Waals surface area contributed by atoms with Gasteiger partial charge in [-0.15, -0.1) is 4.91 Å². The Morgan fingerprint density at radius 2 is 2.00 bits per heavy atom. The number of aromatic hydroxyl groups is 1. The quantitative estimate of drug-likeness (QED) is 0.659. The largest absolute Gasteiger partial charge is 0.493 e. The van der Waals surface area contributed by atoms with Gasteiger partial charge in [-0.05, 0) is 60.2 Å². The topological polar surface area (TPSA) is 78.3 Å². The van der Waals surface area contributed by atoms with Crippen molar-refractivity contribution in [3.63, 3.8) is 0 Å². The number of fused-ring (bicyclic) bond motifs is 3. The van der Waals surface area contributed by atoms with Crippen LogP contribution in [0.1, 0.15) is 24.0 Å². The molecule has 2 N–H and O–H groups in total. The molecule has 5 nitrogen and oxygen atoms in total. The molecule has 6 heteroatoms. The number of nitroso groups, excluding NO2 is 1. The minimum atomic E-state index is -0.177. The summed E-state index contributed by atoms with van der Waals surface area (Å²) in [4.78, 5) is 18.4. The summed E-state index contributed by atoms with van der Waals surface area (Å²) in [6.07, 6.45) is 5.68. The molecule has 0 amide bonds. The van der Waals surface area contributed by atoms with Gasteiger partial charge in [-0.3, -0.25) is 4.98 Å². The first kappa shape index (κ1) is 14.2. The van der Waals surface area contributed by atoms with E-state index in [0.717, 1.165) is 48.0 Å². The zero-order valence-electron chi connectivity index (χ0n) is 12.3. The Labute approximate surface area is 137 Å². The molecule has 0 atom stereocenters. The van der Waals surface area contributed by atoms with Crippen molar-refractivity contribution in [2.24, 2.45) is 5.18 Å². The van der Waals surface area contributed by atoms with Gasteiger partial charge in [-0.25, -0.2) is 0 Å². The van der Waals surface area contributed by atoms with E-state index < -0.39 is 0 Å². The first-order chi connectivity index (χ1) is 11.2. The minimum absolute atomic E-state index is 0.0589. The maximum Gasteiger partial charge on any atom is 0.219 e. The van der Waals surface area contributed by atoms with E-state index in [1.807, 2.05) is 12.1 Å². The second-order valence-electron chi connectivity index (χ2n) is 5.79. The minimum Gasteiger partial charge on any atom is -0.493 e. The van der Waals surface area contributed by atoms with Gasteiger partial charge in [0.25, 0.3) is 0 Å². The lowest BCUT2D eigenvalue weighted by molar-refractivity contribution is 0.460. The maximum absolute atomic E-state index is 11.1. The van der Waals surface area contributed by atoms with Crippen LogP contribution in [0.2, 0.25) is 5.02 Å². The molecule has 3 aromatic rings. The molecule has 0 bridgehead atoms. The molecule has 0 fully saturated rings. The zero-order valence-corrected chi connectivity index (χ0v) is 13.0. The first-order valence-electron chi connectivity index (χ1n) is 7.53. The number of nitrogens with zero attached hydrogens (tertiary/aromatic N) is 2. The fourth-order valence-corrected chi connectivity index (χ4v) is 3.55. The third-order valence-electron chi connectivity index (χ3n) is 4.47. The van der Waals surface area contributed by atoms with Gasteiger partial charge in [0, 0.05) is 17.1 Å². The molecule has 23 heavy (non-hydrogen) atoms. The number of rotatable bonds is 2. The molecular formula is C17H14ClN3O2. The van der Waals surface area contributed by atoms with Crippen LogP contribution >= 0.6 is 11.6 Å². The Balaban J connectivity index is 2.06. The second-order valence-corrected chi connectivity index (χ2v) is 6.22. The van der Waals surface area contributed by atoms with Crippen LogP contribution < -0.4 is 0 Å². The van der Waals surface area contributed by atoms with Crippen LogP contribution in [0.3, 0.4) is 0 Å². The first-order valence-corrected chi connectivity index (χ1v) is 7.91. The average Bonchev–Trinajstić information content (AvgIpc) is 2.90. The van der Waals surface area contributed by atoms with Crippen LogP contribution in [0.5, 0.6) is 5.88 Å². The summed E-state index contributed by atoms with van der Waals surface area (Å²) in [5, 5.41) is 14.2. The van der Waals surface area contributed by atoms with Gasteiger partial charge >= 0.3 is 0 Å². The van der Waals surface area contributed by atoms with Crippen molar-refractivity contribution in [3.05, 3.63) is 45.5 Å². The Kier molecular flexibility index (Phi) is 3.31. The predicted octanol–water partition coefficient (Wildman–Crippen LogP) is 4.87. The highest BCUT2D eigenvalue weighted by molar-refractivity contribution is 6.30. The number of halogens is 1. The van der Waals surface area contributed by atoms with Gasteiger partial charge in [-0.2, -0.15) is 0 Å². The van der Waals surface area contributed by atoms with Crippen molar-refractivity contribution in [2.45, 2.75) is 25.7 Å². The Bertz CT molecular complexity index is 916. The van der Waals surface area contributed by atoms with E-state index in [1.54, 1.807) is 12.3 Å². The lowest BCUT2D eigenvalue weighted by Gasteiger charge is -2.20. The third kappa shape index (κ3) is 2.19. The number of hydrogen-bond donors (Lipinski definition) is 2. The summed E-state index contributed by atoms with van der Waals surface area (Å²) in [7, 11) is 0. The smallest absolute Gasteiger partial charge is 0.219 e. The van der Waals surface area contributed by atoms with E-state index in [1.165, 1.54) is 5.56 Å². The van der Waals surface area contributed by atoms with Crippen molar-refractivity contribution >= 4 is 28.2 Å².